The van der Waals surface area contributed by atoms with E-state index in [1.165, 1.54) is 18.4 Å². The summed E-state index contributed by atoms with van der Waals surface area (Å²) in [5.74, 6) is 0.985. The number of nitrogens with one attached hydrogen (secondary N) is 1. The lowest BCUT2D eigenvalue weighted by Gasteiger charge is -2.17. The SMILES string of the molecule is Cc1cn(C(C)c2ccncc2)c(NC2CC2)n1. The van der Waals surface area contributed by atoms with E-state index in [9.17, 15) is 0 Å². The Kier molecular flexibility index (Phi) is 2.78. The lowest BCUT2D eigenvalue weighted by atomic mass is 10.1. The first-order chi connectivity index (χ1) is 8.74. The number of imidazole rings is 1. The molecule has 0 bridgehead atoms. The molecule has 2 aromatic heterocycles. The Bertz CT molecular complexity index is 528. The van der Waals surface area contributed by atoms with Gasteiger partial charge in [-0.1, -0.05) is 0 Å². The summed E-state index contributed by atoms with van der Waals surface area (Å²) in [6, 6.07) is 5.01. The molecule has 1 fully saturated rings. The molecule has 4 heteroatoms. The summed E-state index contributed by atoms with van der Waals surface area (Å²) < 4.78 is 2.21. The Morgan fingerprint density at radius 1 is 1.33 bits per heavy atom. The molecule has 1 aliphatic carbocycles. The quantitative estimate of drug-likeness (QED) is 0.896. The van der Waals surface area contributed by atoms with Gasteiger partial charge in [0.05, 0.1) is 11.7 Å². The minimum Gasteiger partial charge on any atom is -0.353 e. The van der Waals surface area contributed by atoms with Crippen LogP contribution < -0.4 is 5.32 Å². The maximum absolute atomic E-state index is 4.57. The second-order valence-electron chi connectivity index (χ2n) is 4.99. The van der Waals surface area contributed by atoms with Crippen LogP contribution in [0.5, 0.6) is 0 Å². The van der Waals surface area contributed by atoms with Crippen LogP contribution in [0.4, 0.5) is 5.95 Å². The van der Waals surface area contributed by atoms with Gasteiger partial charge >= 0.3 is 0 Å². The monoisotopic (exact) mass is 242 g/mol. The first-order valence-corrected chi connectivity index (χ1v) is 6.46. The van der Waals surface area contributed by atoms with Crippen LogP contribution in [0.15, 0.2) is 30.7 Å². The zero-order chi connectivity index (χ0) is 12.5. The highest BCUT2D eigenvalue weighted by Gasteiger charge is 2.24. The zero-order valence-electron chi connectivity index (χ0n) is 10.8. The van der Waals surface area contributed by atoms with Gasteiger partial charge in [0.2, 0.25) is 5.95 Å². The highest BCUT2D eigenvalue weighted by atomic mass is 15.2. The summed E-state index contributed by atoms with van der Waals surface area (Å²) in [7, 11) is 0. The second-order valence-corrected chi connectivity index (χ2v) is 4.99. The van der Waals surface area contributed by atoms with Crippen LogP contribution in [-0.2, 0) is 0 Å². The number of anilines is 1. The van der Waals surface area contributed by atoms with Crippen LogP contribution in [0.2, 0.25) is 0 Å². The Labute approximate surface area is 107 Å². The highest BCUT2D eigenvalue weighted by Crippen LogP contribution is 2.27. The van der Waals surface area contributed by atoms with Gasteiger partial charge in [0.1, 0.15) is 0 Å². The van der Waals surface area contributed by atoms with Crippen LogP contribution in [0.25, 0.3) is 0 Å². The fraction of sp³-hybridized carbons (Fsp3) is 0.429. The maximum Gasteiger partial charge on any atom is 0.203 e. The fourth-order valence-corrected chi connectivity index (χ4v) is 2.13. The number of nitrogens with zero attached hydrogens (tertiary/aromatic N) is 3. The maximum atomic E-state index is 4.57. The van der Waals surface area contributed by atoms with Crippen molar-refractivity contribution < 1.29 is 0 Å². The van der Waals surface area contributed by atoms with Gasteiger partial charge in [0.25, 0.3) is 0 Å². The Balaban J connectivity index is 1.90. The van der Waals surface area contributed by atoms with E-state index < -0.39 is 0 Å². The highest BCUT2D eigenvalue weighted by molar-refractivity contribution is 5.34. The number of aryl methyl sites for hydroxylation is 1. The summed E-state index contributed by atoms with van der Waals surface area (Å²) in [5.41, 5.74) is 2.31. The molecule has 2 heterocycles. The molecule has 0 aliphatic heterocycles. The van der Waals surface area contributed by atoms with Gasteiger partial charge in [-0.05, 0) is 44.4 Å². The number of hydrogen-bond acceptors (Lipinski definition) is 3. The molecule has 18 heavy (non-hydrogen) atoms. The van der Waals surface area contributed by atoms with Gasteiger partial charge in [-0.3, -0.25) is 4.98 Å². The van der Waals surface area contributed by atoms with Gasteiger partial charge in [0.15, 0.2) is 0 Å². The number of aromatic nitrogens is 3. The van der Waals surface area contributed by atoms with Crippen molar-refractivity contribution in [3.63, 3.8) is 0 Å². The van der Waals surface area contributed by atoms with E-state index in [-0.39, 0.29) is 6.04 Å². The van der Waals surface area contributed by atoms with Gasteiger partial charge < -0.3 is 9.88 Å². The van der Waals surface area contributed by atoms with Crippen molar-refractivity contribution in [2.75, 3.05) is 5.32 Å². The molecule has 0 spiro atoms. The van der Waals surface area contributed by atoms with Crippen LogP contribution in [0.1, 0.15) is 37.1 Å². The van der Waals surface area contributed by atoms with E-state index in [1.54, 1.807) is 0 Å². The summed E-state index contributed by atoms with van der Waals surface area (Å²) >= 11 is 0. The van der Waals surface area contributed by atoms with Crippen molar-refractivity contribution in [3.8, 4) is 0 Å². The van der Waals surface area contributed by atoms with E-state index in [0.717, 1.165) is 11.6 Å². The van der Waals surface area contributed by atoms with Crippen LogP contribution >= 0.6 is 0 Å². The third-order valence-electron chi connectivity index (χ3n) is 3.37. The van der Waals surface area contributed by atoms with Gasteiger partial charge in [-0.15, -0.1) is 0 Å². The minimum atomic E-state index is 0.274. The van der Waals surface area contributed by atoms with Crippen molar-refractivity contribution in [2.24, 2.45) is 0 Å². The molecular weight excluding hydrogens is 224 g/mol. The fourth-order valence-electron chi connectivity index (χ4n) is 2.13. The minimum absolute atomic E-state index is 0.274. The normalized spacial score (nSPS) is 16.6. The predicted molar refractivity (Wildman–Crippen MR) is 71.7 cm³/mol. The molecule has 1 atom stereocenters. The smallest absolute Gasteiger partial charge is 0.203 e. The number of hydrogen-bond donors (Lipinski definition) is 1. The molecular formula is C14H18N4. The van der Waals surface area contributed by atoms with Crippen molar-refractivity contribution in [3.05, 3.63) is 42.0 Å². The Morgan fingerprint density at radius 2 is 2.06 bits per heavy atom. The van der Waals surface area contributed by atoms with E-state index in [0.29, 0.717) is 6.04 Å². The first-order valence-electron chi connectivity index (χ1n) is 6.46. The molecule has 1 unspecified atom stereocenters. The summed E-state index contributed by atoms with van der Waals surface area (Å²) in [6.07, 6.45) is 8.30. The zero-order valence-corrected chi connectivity index (χ0v) is 10.8. The van der Waals surface area contributed by atoms with E-state index >= 15 is 0 Å². The van der Waals surface area contributed by atoms with Crippen LogP contribution in [0.3, 0.4) is 0 Å². The average Bonchev–Trinajstić information content (AvgIpc) is 3.12. The topological polar surface area (TPSA) is 42.7 Å². The standard InChI is InChI=1S/C14H18N4/c1-10-9-18(14(16-10)17-13-3-4-13)11(2)12-5-7-15-8-6-12/h5-9,11,13H,3-4H2,1-2H3,(H,16,17). The Morgan fingerprint density at radius 3 is 2.72 bits per heavy atom. The Hall–Kier alpha value is -1.84. The molecule has 4 nitrogen and oxygen atoms in total. The van der Waals surface area contributed by atoms with E-state index in [4.69, 9.17) is 0 Å². The van der Waals surface area contributed by atoms with Crippen molar-refractivity contribution in [1.82, 2.24) is 14.5 Å². The first kappa shape index (κ1) is 11.3. The molecule has 0 radical (unpaired) electrons. The number of pyridine rings is 1. The van der Waals surface area contributed by atoms with Crippen molar-refractivity contribution in [2.45, 2.75) is 38.8 Å². The van der Waals surface area contributed by atoms with E-state index in [1.807, 2.05) is 19.3 Å². The number of rotatable bonds is 4. The van der Waals surface area contributed by atoms with Gasteiger partial charge in [0, 0.05) is 24.6 Å². The van der Waals surface area contributed by atoms with Crippen molar-refractivity contribution in [1.29, 1.82) is 0 Å². The molecule has 2 aromatic rings. The van der Waals surface area contributed by atoms with Crippen LogP contribution in [0, 0.1) is 6.92 Å². The lowest BCUT2D eigenvalue weighted by molar-refractivity contribution is 0.641. The molecule has 94 valence electrons. The summed E-state index contributed by atoms with van der Waals surface area (Å²) in [5, 5.41) is 3.49. The van der Waals surface area contributed by atoms with Gasteiger partial charge in [-0.2, -0.15) is 0 Å². The molecule has 0 aromatic carbocycles. The van der Waals surface area contributed by atoms with Crippen molar-refractivity contribution >= 4 is 5.95 Å². The molecule has 1 N–H and O–H groups in total. The lowest BCUT2D eigenvalue weighted by Crippen LogP contribution is -2.12. The van der Waals surface area contributed by atoms with Crippen LogP contribution in [-0.4, -0.2) is 20.6 Å². The summed E-state index contributed by atoms with van der Waals surface area (Å²) in [6.45, 7) is 4.22. The van der Waals surface area contributed by atoms with Gasteiger partial charge in [-0.25, -0.2) is 4.98 Å². The summed E-state index contributed by atoms with van der Waals surface area (Å²) in [4.78, 5) is 8.64. The van der Waals surface area contributed by atoms with E-state index in [2.05, 4.69) is 45.1 Å². The molecule has 1 aliphatic rings. The molecule has 1 saturated carbocycles. The average molecular weight is 242 g/mol. The third-order valence-corrected chi connectivity index (χ3v) is 3.37. The molecule has 3 rings (SSSR count). The molecule has 0 saturated heterocycles. The third kappa shape index (κ3) is 2.23. The second kappa shape index (κ2) is 4.44. The largest absolute Gasteiger partial charge is 0.353 e. The predicted octanol–water partition coefficient (Wildman–Crippen LogP) is 2.77. The molecule has 0 amide bonds.